The third-order valence-corrected chi connectivity index (χ3v) is 3.05. The second-order valence-electron chi connectivity index (χ2n) is 4.48. The highest BCUT2D eigenvalue weighted by molar-refractivity contribution is 5.94. The number of rotatable bonds is 2. The second-order valence-corrected chi connectivity index (χ2v) is 4.48. The van der Waals surface area contributed by atoms with Crippen molar-refractivity contribution in [3.05, 3.63) is 35.1 Å². The molecule has 0 aliphatic carbocycles. The van der Waals surface area contributed by atoms with Crippen LogP contribution in [-0.4, -0.2) is 25.0 Å². The molecule has 100 valence electrons. The Morgan fingerprint density at radius 1 is 1.50 bits per heavy atom. The average molecular weight is 273 g/mol. The minimum atomic E-state index is -0.277. The molecule has 1 amide bonds. The molecule has 0 saturated carbocycles. The Hall–Kier alpha value is -1.13. The van der Waals surface area contributed by atoms with Gasteiger partial charge in [0.05, 0.1) is 0 Å². The highest BCUT2D eigenvalue weighted by Crippen LogP contribution is 2.10. The first-order valence-corrected chi connectivity index (χ1v) is 5.94. The first-order chi connectivity index (χ1) is 8.16. The molecule has 2 rings (SSSR count). The van der Waals surface area contributed by atoms with Crippen LogP contribution in [0.25, 0.3) is 0 Å². The average Bonchev–Trinajstić information content (AvgIpc) is 2.34. The third kappa shape index (κ3) is 3.68. The van der Waals surface area contributed by atoms with Gasteiger partial charge in [-0.15, -0.1) is 12.4 Å². The SMILES string of the molecule is Cc1cc(C(=O)NC2CCCNC2)ccc1F.Cl. The van der Waals surface area contributed by atoms with Crippen LogP contribution < -0.4 is 10.6 Å². The fourth-order valence-electron chi connectivity index (χ4n) is 2.03. The monoisotopic (exact) mass is 272 g/mol. The van der Waals surface area contributed by atoms with E-state index in [-0.39, 0.29) is 30.2 Å². The minimum Gasteiger partial charge on any atom is -0.348 e. The zero-order valence-corrected chi connectivity index (χ0v) is 11.1. The van der Waals surface area contributed by atoms with Crippen LogP contribution in [0.5, 0.6) is 0 Å². The molecule has 1 fully saturated rings. The molecule has 1 atom stereocenters. The number of carbonyl (C=O) groups excluding carboxylic acids is 1. The molecule has 2 N–H and O–H groups in total. The summed E-state index contributed by atoms with van der Waals surface area (Å²) in [7, 11) is 0. The van der Waals surface area contributed by atoms with E-state index in [1.165, 1.54) is 12.1 Å². The topological polar surface area (TPSA) is 41.1 Å². The first-order valence-electron chi connectivity index (χ1n) is 5.94. The van der Waals surface area contributed by atoms with E-state index in [1.54, 1.807) is 13.0 Å². The summed E-state index contributed by atoms with van der Waals surface area (Å²) < 4.78 is 13.1. The largest absolute Gasteiger partial charge is 0.348 e. The number of hydrogen-bond acceptors (Lipinski definition) is 2. The van der Waals surface area contributed by atoms with Crippen LogP contribution in [0.3, 0.4) is 0 Å². The van der Waals surface area contributed by atoms with Gasteiger partial charge in [0.1, 0.15) is 5.82 Å². The Balaban J connectivity index is 0.00000162. The Morgan fingerprint density at radius 2 is 2.28 bits per heavy atom. The standard InChI is InChI=1S/C13H17FN2O.ClH/c1-9-7-10(4-5-12(9)14)13(17)16-11-3-2-6-15-8-11;/h4-5,7,11,15H,2-3,6,8H2,1H3,(H,16,17);1H. The van der Waals surface area contributed by atoms with E-state index >= 15 is 0 Å². The van der Waals surface area contributed by atoms with Crippen molar-refractivity contribution in [1.29, 1.82) is 0 Å². The van der Waals surface area contributed by atoms with Crippen molar-refractivity contribution in [1.82, 2.24) is 10.6 Å². The summed E-state index contributed by atoms with van der Waals surface area (Å²) in [5.74, 6) is -0.400. The third-order valence-electron chi connectivity index (χ3n) is 3.05. The van der Waals surface area contributed by atoms with Gasteiger partial charge in [-0.05, 0) is 50.1 Å². The van der Waals surface area contributed by atoms with Crippen LogP contribution in [0.4, 0.5) is 4.39 Å². The molecule has 1 heterocycles. The lowest BCUT2D eigenvalue weighted by Gasteiger charge is -2.23. The number of carbonyl (C=O) groups is 1. The van der Waals surface area contributed by atoms with Crippen molar-refractivity contribution in [2.45, 2.75) is 25.8 Å². The van der Waals surface area contributed by atoms with Crippen LogP contribution >= 0.6 is 12.4 Å². The quantitative estimate of drug-likeness (QED) is 0.865. The van der Waals surface area contributed by atoms with E-state index in [0.717, 1.165) is 25.9 Å². The van der Waals surface area contributed by atoms with Crippen LogP contribution in [0, 0.1) is 12.7 Å². The number of benzene rings is 1. The van der Waals surface area contributed by atoms with Crippen molar-refractivity contribution in [3.8, 4) is 0 Å². The predicted octanol–water partition coefficient (Wildman–Crippen LogP) is 2.04. The van der Waals surface area contributed by atoms with Gasteiger partial charge in [0.25, 0.3) is 5.91 Å². The Labute approximate surface area is 113 Å². The summed E-state index contributed by atoms with van der Waals surface area (Å²) in [6, 6.07) is 4.62. The molecule has 1 aromatic carbocycles. The fraction of sp³-hybridized carbons (Fsp3) is 0.462. The molecule has 1 saturated heterocycles. The highest BCUT2D eigenvalue weighted by Gasteiger charge is 2.16. The normalized spacial score (nSPS) is 18.9. The van der Waals surface area contributed by atoms with E-state index in [1.807, 2.05) is 0 Å². The van der Waals surface area contributed by atoms with Crippen LogP contribution in [-0.2, 0) is 0 Å². The van der Waals surface area contributed by atoms with Crippen molar-refractivity contribution in [2.24, 2.45) is 0 Å². The van der Waals surface area contributed by atoms with Gasteiger partial charge < -0.3 is 10.6 Å². The van der Waals surface area contributed by atoms with Gasteiger partial charge in [-0.2, -0.15) is 0 Å². The number of halogens is 2. The van der Waals surface area contributed by atoms with Crippen molar-refractivity contribution >= 4 is 18.3 Å². The summed E-state index contributed by atoms with van der Waals surface area (Å²) in [6.45, 7) is 3.49. The molecule has 3 nitrogen and oxygen atoms in total. The van der Waals surface area contributed by atoms with Gasteiger partial charge in [0, 0.05) is 18.2 Å². The lowest BCUT2D eigenvalue weighted by molar-refractivity contribution is 0.0930. The van der Waals surface area contributed by atoms with Crippen molar-refractivity contribution in [2.75, 3.05) is 13.1 Å². The summed E-state index contributed by atoms with van der Waals surface area (Å²) in [5, 5.41) is 6.20. The number of hydrogen-bond donors (Lipinski definition) is 2. The lowest BCUT2D eigenvalue weighted by atomic mass is 10.1. The summed E-state index contributed by atoms with van der Waals surface area (Å²) >= 11 is 0. The van der Waals surface area contributed by atoms with E-state index in [0.29, 0.717) is 11.1 Å². The number of amides is 1. The van der Waals surface area contributed by atoms with E-state index in [4.69, 9.17) is 0 Å². The van der Waals surface area contributed by atoms with Gasteiger partial charge in [0.15, 0.2) is 0 Å². The maximum absolute atomic E-state index is 13.1. The first kappa shape index (κ1) is 14.9. The summed E-state index contributed by atoms with van der Waals surface area (Å²) in [6.07, 6.45) is 2.08. The predicted molar refractivity (Wildman–Crippen MR) is 71.7 cm³/mol. The zero-order chi connectivity index (χ0) is 12.3. The molecule has 0 aromatic heterocycles. The lowest BCUT2D eigenvalue weighted by Crippen LogP contribution is -2.45. The van der Waals surface area contributed by atoms with Crippen LogP contribution in [0.1, 0.15) is 28.8 Å². The Bertz CT molecular complexity index is 419. The van der Waals surface area contributed by atoms with Crippen molar-refractivity contribution < 1.29 is 9.18 Å². The fourth-order valence-corrected chi connectivity index (χ4v) is 2.03. The van der Waals surface area contributed by atoms with Gasteiger partial charge in [0.2, 0.25) is 0 Å². The van der Waals surface area contributed by atoms with Gasteiger partial charge >= 0.3 is 0 Å². The molecular weight excluding hydrogens is 255 g/mol. The molecule has 1 aliphatic rings. The van der Waals surface area contributed by atoms with Crippen LogP contribution in [0.15, 0.2) is 18.2 Å². The highest BCUT2D eigenvalue weighted by atomic mass is 35.5. The number of nitrogens with one attached hydrogen (secondary N) is 2. The zero-order valence-electron chi connectivity index (χ0n) is 10.3. The molecule has 0 spiro atoms. The molecule has 5 heteroatoms. The van der Waals surface area contributed by atoms with Gasteiger partial charge in [-0.25, -0.2) is 4.39 Å². The molecule has 0 bridgehead atoms. The summed E-state index contributed by atoms with van der Waals surface area (Å²) in [5.41, 5.74) is 1.02. The smallest absolute Gasteiger partial charge is 0.251 e. The van der Waals surface area contributed by atoms with Crippen molar-refractivity contribution in [3.63, 3.8) is 0 Å². The van der Waals surface area contributed by atoms with Gasteiger partial charge in [-0.3, -0.25) is 4.79 Å². The molecule has 1 aliphatic heterocycles. The molecule has 1 aromatic rings. The Kier molecular flexibility index (Phi) is 5.56. The number of piperidine rings is 1. The maximum atomic E-state index is 13.1. The van der Waals surface area contributed by atoms with Gasteiger partial charge in [-0.1, -0.05) is 0 Å². The number of aryl methyl sites for hydroxylation is 1. The van der Waals surface area contributed by atoms with E-state index in [2.05, 4.69) is 10.6 Å². The molecule has 0 radical (unpaired) electrons. The minimum absolute atomic E-state index is 0. The molecular formula is C13H18ClFN2O. The maximum Gasteiger partial charge on any atom is 0.251 e. The van der Waals surface area contributed by atoms with E-state index < -0.39 is 0 Å². The summed E-state index contributed by atoms with van der Waals surface area (Å²) in [4.78, 5) is 11.9. The van der Waals surface area contributed by atoms with E-state index in [9.17, 15) is 9.18 Å². The second kappa shape index (κ2) is 6.71. The molecule has 18 heavy (non-hydrogen) atoms. The van der Waals surface area contributed by atoms with Crippen LogP contribution in [0.2, 0.25) is 0 Å². The molecule has 1 unspecified atom stereocenters. The Morgan fingerprint density at radius 3 is 2.89 bits per heavy atom.